The van der Waals surface area contributed by atoms with E-state index in [1.807, 2.05) is 0 Å². The molecule has 0 spiro atoms. The maximum atomic E-state index is 12.8. The zero-order valence-electron chi connectivity index (χ0n) is 12.2. The number of hydrogen-bond acceptors (Lipinski definition) is 2. The maximum absolute atomic E-state index is 12.8. The van der Waals surface area contributed by atoms with Gasteiger partial charge < -0.3 is 15.4 Å². The first-order valence-electron chi connectivity index (χ1n) is 7.17. The van der Waals surface area contributed by atoms with Gasteiger partial charge in [-0.05, 0) is 31.4 Å². The Morgan fingerprint density at radius 3 is 2.68 bits per heavy atom. The van der Waals surface area contributed by atoms with Gasteiger partial charge in [0.1, 0.15) is 5.75 Å². The highest BCUT2D eigenvalue weighted by Gasteiger charge is 2.42. The second-order valence-electron chi connectivity index (χ2n) is 5.40. The summed E-state index contributed by atoms with van der Waals surface area (Å²) in [6, 6.07) is 5.87. The van der Waals surface area contributed by atoms with Gasteiger partial charge in [0.25, 0.3) is 0 Å². The number of rotatable bonds is 3. The molecule has 1 fully saturated rings. The van der Waals surface area contributed by atoms with E-state index in [2.05, 4.69) is 10.6 Å². The lowest BCUT2D eigenvalue weighted by Crippen LogP contribution is -2.43. The number of ether oxygens (including phenoxy) is 1. The predicted molar refractivity (Wildman–Crippen MR) is 76.9 cm³/mol. The average molecular weight is 316 g/mol. The first-order chi connectivity index (χ1) is 10.4. The summed E-state index contributed by atoms with van der Waals surface area (Å²) in [5.74, 6) is -0.840. The molecule has 0 radical (unpaired) electrons. The number of carbonyl (C=O) groups is 1. The van der Waals surface area contributed by atoms with Gasteiger partial charge in [0.05, 0.1) is 18.7 Å². The molecule has 7 heteroatoms. The highest BCUT2D eigenvalue weighted by Crippen LogP contribution is 2.37. The molecule has 0 heterocycles. The smallest absolute Gasteiger partial charge is 0.391 e. The second kappa shape index (κ2) is 6.89. The molecule has 0 unspecified atom stereocenters. The van der Waals surface area contributed by atoms with Crippen molar-refractivity contribution >= 4 is 11.7 Å². The normalized spacial score (nSPS) is 22.0. The van der Waals surface area contributed by atoms with E-state index in [9.17, 15) is 18.0 Å². The van der Waals surface area contributed by atoms with Crippen LogP contribution in [0.25, 0.3) is 0 Å². The van der Waals surface area contributed by atoms with Crippen LogP contribution in [0.15, 0.2) is 24.3 Å². The molecule has 22 heavy (non-hydrogen) atoms. The van der Waals surface area contributed by atoms with Gasteiger partial charge in [-0.15, -0.1) is 0 Å². The van der Waals surface area contributed by atoms with Crippen LogP contribution in [0.5, 0.6) is 5.75 Å². The molecule has 4 nitrogen and oxygen atoms in total. The lowest BCUT2D eigenvalue weighted by Gasteiger charge is -2.31. The van der Waals surface area contributed by atoms with E-state index in [0.717, 1.165) is 0 Å². The third-order valence-corrected chi connectivity index (χ3v) is 3.83. The SMILES string of the molecule is COc1ccccc1NC(=O)N[C@H]1CCC[C@@H](C(F)(F)F)C1. The second-order valence-corrected chi connectivity index (χ2v) is 5.40. The third-order valence-electron chi connectivity index (χ3n) is 3.83. The fourth-order valence-corrected chi connectivity index (χ4v) is 2.71. The van der Waals surface area contributed by atoms with E-state index in [-0.39, 0.29) is 12.8 Å². The minimum Gasteiger partial charge on any atom is -0.495 e. The zero-order chi connectivity index (χ0) is 16.2. The highest BCUT2D eigenvalue weighted by molar-refractivity contribution is 5.91. The molecule has 1 aliphatic rings. The number of alkyl halides is 3. The molecule has 122 valence electrons. The minimum atomic E-state index is -4.19. The van der Waals surface area contributed by atoms with E-state index >= 15 is 0 Å². The van der Waals surface area contributed by atoms with Gasteiger partial charge in [0.15, 0.2) is 0 Å². The van der Waals surface area contributed by atoms with Gasteiger partial charge in [-0.3, -0.25) is 0 Å². The van der Waals surface area contributed by atoms with Crippen LogP contribution in [0.2, 0.25) is 0 Å². The van der Waals surface area contributed by atoms with Crippen molar-refractivity contribution in [2.75, 3.05) is 12.4 Å². The van der Waals surface area contributed by atoms with E-state index in [4.69, 9.17) is 4.74 Å². The largest absolute Gasteiger partial charge is 0.495 e. The first kappa shape index (κ1) is 16.5. The molecule has 0 bridgehead atoms. The molecule has 0 saturated heterocycles. The summed E-state index contributed by atoms with van der Waals surface area (Å²) in [4.78, 5) is 11.9. The van der Waals surface area contributed by atoms with Crippen molar-refractivity contribution in [3.63, 3.8) is 0 Å². The quantitative estimate of drug-likeness (QED) is 0.887. The lowest BCUT2D eigenvalue weighted by atomic mass is 9.85. The Balaban J connectivity index is 1.92. The maximum Gasteiger partial charge on any atom is 0.391 e. The Bertz CT molecular complexity index is 520. The molecule has 2 amide bonds. The molecule has 2 N–H and O–H groups in total. The molecule has 1 aliphatic carbocycles. The van der Waals surface area contributed by atoms with Crippen LogP contribution in [0.4, 0.5) is 23.7 Å². The summed E-state index contributed by atoms with van der Waals surface area (Å²) in [5, 5.41) is 5.22. The van der Waals surface area contributed by atoms with Crippen molar-refractivity contribution in [1.29, 1.82) is 0 Å². The summed E-state index contributed by atoms with van der Waals surface area (Å²) in [6.45, 7) is 0. The first-order valence-corrected chi connectivity index (χ1v) is 7.17. The fraction of sp³-hybridized carbons (Fsp3) is 0.533. The zero-order valence-corrected chi connectivity index (χ0v) is 12.2. The van der Waals surface area contributed by atoms with E-state index in [0.29, 0.717) is 24.3 Å². The number of halogens is 3. The minimum absolute atomic E-state index is 0.0666. The van der Waals surface area contributed by atoms with E-state index < -0.39 is 24.2 Å². The average Bonchev–Trinajstić information content (AvgIpc) is 2.47. The fourth-order valence-electron chi connectivity index (χ4n) is 2.71. The van der Waals surface area contributed by atoms with E-state index in [1.54, 1.807) is 24.3 Å². The summed E-state index contributed by atoms with van der Waals surface area (Å²) < 4.78 is 43.4. The number of urea groups is 1. The predicted octanol–water partition coefficient (Wildman–Crippen LogP) is 3.94. The van der Waals surface area contributed by atoms with Crippen LogP contribution in [-0.2, 0) is 0 Å². The van der Waals surface area contributed by atoms with E-state index in [1.165, 1.54) is 7.11 Å². The van der Waals surface area contributed by atoms with Crippen LogP contribution in [0, 0.1) is 5.92 Å². The van der Waals surface area contributed by atoms with Crippen LogP contribution >= 0.6 is 0 Å². The van der Waals surface area contributed by atoms with Gasteiger partial charge in [0, 0.05) is 6.04 Å². The lowest BCUT2D eigenvalue weighted by molar-refractivity contribution is -0.183. The third kappa shape index (κ3) is 4.29. The van der Waals surface area contributed by atoms with Gasteiger partial charge in [-0.2, -0.15) is 13.2 Å². The van der Waals surface area contributed by atoms with Gasteiger partial charge >= 0.3 is 12.2 Å². The summed E-state index contributed by atoms with van der Waals surface area (Å²) >= 11 is 0. The Kier molecular flexibility index (Phi) is 5.15. The molecule has 1 aromatic carbocycles. The summed E-state index contributed by atoms with van der Waals surface area (Å²) in [5.41, 5.74) is 0.477. The Morgan fingerprint density at radius 2 is 2.00 bits per heavy atom. The number of benzene rings is 1. The molecule has 1 saturated carbocycles. The van der Waals surface area contributed by atoms with Crippen molar-refractivity contribution in [2.24, 2.45) is 5.92 Å². The van der Waals surface area contributed by atoms with Crippen molar-refractivity contribution in [1.82, 2.24) is 5.32 Å². The number of hydrogen-bond donors (Lipinski definition) is 2. The van der Waals surface area contributed by atoms with Crippen LogP contribution < -0.4 is 15.4 Å². The van der Waals surface area contributed by atoms with Gasteiger partial charge in [-0.25, -0.2) is 4.79 Å². The molecule has 2 rings (SSSR count). The topological polar surface area (TPSA) is 50.4 Å². The number of nitrogens with one attached hydrogen (secondary N) is 2. The standard InChI is InChI=1S/C15H19F3N2O2/c1-22-13-8-3-2-7-12(13)20-14(21)19-11-6-4-5-10(9-11)15(16,17)18/h2-3,7-8,10-11H,4-6,9H2,1H3,(H2,19,20,21)/t10-,11+/m1/s1. The molecule has 0 aromatic heterocycles. The van der Waals surface area contributed by atoms with Crippen molar-refractivity contribution in [2.45, 2.75) is 37.9 Å². The number of para-hydroxylation sites is 2. The molecule has 1 aromatic rings. The number of anilines is 1. The molecule has 0 aliphatic heterocycles. The Hall–Kier alpha value is -1.92. The Morgan fingerprint density at radius 1 is 1.27 bits per heavy atom. The van der Waals surface area contributed by atoms with Crippen LogP contribution in [0.3, 0.4) is 0 Å². The number of methoxy groups -OCH3 is 1. The van der Waals surface area contributed by atoms with Crippen molar-refractivity contribution < 1.29 is 22.7 Å². The van der Waals surface area contributed by atoms with Gasteiger partial charge in [0.2, 0.25) is 0 Å². The summed E-state index contributed by atoms with van der Waals surface area (Å²) in [7, 11) is 1.48. The van der Waals surface area contributed by atoms with Crippen molar-refractivity contribution in [3.8, 4) is 5.75 Å². The van der Waals surface area contributed by atoms with Crippen LogP contribution in [0.1, 0.15) is 25.7 Å². The molecular formula is C15H19F3N2O2. The Labute approximate surface area is 127 Å². The monoisotopic (exact) mass is 316 g/mol. The molecule has 2 atom stereocenters. The molecular weight excluding hydrogens is 297 g/mol. The van der Waals surface area contributed by atoms with Crippen molar-refractivity contribution in [3.05, 3.63) is 24.3 Å². The highest BCUT2D eigenvalue weighted by atomic mass is 19.4. The number of carbonyl (C=O) groups excluding carboxylic acids is 1. The summed E-state index contributed by atoms with van der Waals surface area (Å²) in [6.07, 6.45) is -3.10. The van der Waals surface area contributed by atoms with Gasteiger partial charge in [-0.1, -0.05) is 18.6 Å². The number of amides is 2. The van der Waals surface area contributed by atoms with Crippen LogP contribution in [-0.4, -0.2) is 25.4 Å².